The van der Waals surface area contributed by atoms with Crippen molar-refractivity contribution in [1.29, 1.82) is 0 Å². The predicted molar refractivity (Wildman–Crippen MR) is 50.3 cm³/mol. The van der Waals surface area contributed by atoms with Gasteiger partial charge < -0.3 is 9.63 Å². The van der Waals surface area contributed by atoms with Crippen molar-refractivity contribution in [3.8, 4) is 11.5 Å². The van der Waals surface area contributed by atoms with E-state index in [1.165, 1.54) is 13.0 Å². The van der Waals surface area contributed by atoms with Gasteiger partial charge in [-0.2, -0.15) is 4.98 Å². The highest BCUT2D eigenvalue weighted by Crippen LogP contribution is 2.23. The number of benzene rings is 1. The normalized spacial score (nSPS) is 10.8. The predicted octanol–water partition coefficient (Wildman–Crippen LogP) is 1.82. The van der Waals surface area contributed by atoms with Crippen molar-refractivity contribution >= 4 is 0 Å². The smallest absolute Gasteiger partial charge is 0.260 e. The van der Waals surface area contributed by atoms with Crippen LogP contribution in [-0.2, 0) is 6.61 Å². The summed E-state index contributed by atoms with van der Waals surface area (Å²) >= 11 is 0. The molecule has 0 spiro atoms. The zero-order chi connectivity index (χ0) is 11.7. The van der Waals surface area contributed by atoms with Gasteiger partial charge in [-0.1, -0.05) is 5.16 Å². The Kier molecular flexibility index (Phi) is 2.66. The molecule has 0 atom stereocenters. The van der Waals surface area contributed by atoms with Crippen molar-refractivity contribution in [2.75, 3.05) is 0 Å². The Hall–Kier alpha value is -1.82. The number of aliphatic hydroxyl groups is 1. The third kappa shape index (κ3) is 1.79. The molecule has 2 aromatic rings. The van der Waals surface area contributed by atoms with Gasteiger partial charge in [-0.25, -0.2) is 8.78 Å². The lowest BCUT2D eigenvalue weighted by atomic mass is 10.1. The highest BCUT2D eigenvalue weighted by molar-refractivity contribution is 5.55. The molecule has 6 heteroatoms. The number of hydrogen-bond acceptors (Lipinski definition) is 4. The molecule has 0 radical (unpaired) electrons. The molecular weight excluding hydrogens is 218 g/mol. The van der Waals surface area contributed by atoms with E-state index < -0.39 is 18.2 Å². The van der Waals surface area contributed by atoms with Gasteiger partial charge in [0.2, 0.25) is 0 Å². The number of rotatable bonds is 2. The van der Waals surface area contributed by atoms with E-state index in [0.29, 0.717) is 0 Å². The Morgan fingerprint density at radius 3 is 2.69 bits per heavy atom. The van der Waals surface area contributed by atoms with Crippen LogP contribution in [0.1, 0.15) is 11.4 Å². The molecule has 0 amide bonds. The number of aryl methyl sites for hydroxylation is 1. The Labute approximate surface area is 89.5 Å². The summed E-state index contributed by atoms with van der Waals surface area (Å²) in [5, 5.41) is 12.1. The van der Waals surface area contributed by atoms with Gasteiger partial charge in [-0.15, -0.1) is 0 Å². The molecule has 1 aromatic heterocycles. The van der Waals surface area contributed by atoms with Gasteiger partial charge in [0, 0.05) is 6.07 Å². The van der Waals surface area contributed by atoms with Gasteiger partial charge in [0.25, 0.3) is 5.89 Å². The van der Waals surface area contributed by atoms with Crippen LogP contribution in [0.25, 0.3) is 11.5 Å². The van der Waals surface area contributed by atoms with Gasteiger partial charge >= 0.3 is 0 Å². The second kappa shape index (κ2) is 3.97. The highest BCUT2D eigenvalue weighted by Gasteiger charge is 2.15. The van der Waals surface area contributed by atoms with Crippen molar-refractivity contribution in [3.05, 3.63) is 35.2 Å². The van der Waals surface area contributed by atoms with E-state index in [1.807, 2.05) is 0 Å². The Morgan fingerprint density at radius 2 is 2.06 bits per heavy atom. The maximum atomic E-state index is 13.4. The number of hydrogen-bond donors (Lipinski definition) is 1. The Balaban J connectivity index is 2.51. The topological polar surface area (TPSA) is 59.2 Å². The first-order chi connectivity index (χ1) is 7.61. The van der Waals surface area contributed by atoms with Crippen LogP contribution in [-0.4, -0.2) is 15.2 Å². The fourth-order valence-corrected chi connectivity index (χ4v) is 1.25. The largest absolute Gasteiger partial charge is 0.388 e. The quantitative estimate of drug-likeness (QED) is 0.848. The molecule has 0 aliphatic carbocycles. The van der Waals surface area contributed by atoms with E-state index in [1.54, 1.807) is 0 Å². The summed E-state index contributed by atoms with van der Waals surface area (Å²) in [5.74, 6) is -1.44. The molecule has 84 valence electrons. The molecule has 1 aromatic carbocycles. The number of halogens is 2. The third-order valence-electron chi connectivity index (χ3n) is 2.09. The fourth-order valence-electron chi connectivity index (χ4n) is 1.25. The van der Waals surface area contributed by atoms with Gasteiger partial charge in [0.05, 0.1) is 5.56 Å². The van der Waals surface area contributed by atoms with Crippen LogP contribution in [0.15, 0.2) is 16.7 Å². The monoisotopic (exact) mass is 226 g/mol. The number of aliphatic hydroxyl groups excluding tert-OH is 1. The standard InChI is InChI=1S/C10H8F2N2O2/c1-5-2-6(8(12)3-7(5)11)10-13-9(4-15)14-16-10/h2-3,15H,4H2,1H3. The molecule has 0 aliphatic heterocycles. The molecule has 0 saturated carbocycles. The average molecular weight is 226 g/mol. The summed E-state index contributed by atoms with van der Waals surface area (Å²) in [7, 11) is 0. The van der Waals surface area contributed by atoms with Gasteiger partial charge in [0.1, 0.15) is 18.2 Å². The van der Waals surface area contributed by atoms with Gasteiger partial charge in [-0.3, -0.25) is 0 Å². The summed E-state index contributed by atoms with van der Waals surface area (Å²) in [6.07, 6.45) is 0. The minimum Gasteiger partial charge on any atom is -0.388 e. The first-order valence-corrected chi connectivity index (χ1v) is 4.51. The van der Waals surface area contributed by atoms with E-state index in [0.717, 1.165) is 6.07 Å². The lowest BCUT2D eigenvalue weighted by molar-refractivity contribution is 0.264. The minimum absolute atomic E-state index is 0.0195. The molecule has 0 fully saturated rings. The van der Waals surface area contributed by atoms with E-state index in [2.05, 4.69) is 10.1 Å². The summed E-state index contributed by atoms with van der Waals surface area (Å²) in [4.78, 5) is 3.74. The molecule has 4 nitrogen and oxygen atoms in total. The van der Waals surface area contributed by atoms with Crippen LogP contribution in [0.2, 0.25) is 0 Å². The minimum atomic E-state index is -0.781. The summed E-state index contributed by atoms with van der Waals surface area (Å²) in [6, 6.07) is 2.03. The van der Waals surface area contributed by atoms with Crippen molar-refractivity contribution < 1.29 is 18.4 Å². The van der Waals surface area contributed by atoms with E-state index in [9.17, 15) is 8.78 Å². The first kappa shape index (κ1) is 10.7. The summed E-state index contributed by atoms with van der Waals surface area (Å²) < 4.78 is 31.1. The van der Waals surface area contributed by atoms with Crippen molar-refractivity contribution in [1.82, 2.24) is 10.1 Å². The second-order valence-electron chi connectivity index (χ2n) is 3.26. The maximum absolute atomic E-state index is 13.4. The summed E-state index contributed by atoms with van der Waals surface area (Å²) in [5.41, 5.74) is 0.297. The van der Waals surface area contributed by atoms with Crippen LogP contribution >= 0.6 is 0 Å². The van der Waals surface area contributed by atoms with Crippen molar-refractivity contribution in [2.45, 2.75) is 13.5 Å². The number of nitrogens with zero attached hydrogens (tertiary/aromatic N) is 2. The maximum Gasteiger partial charge on any atom is 0.260 e. The van der Waals surface area contributed by atoms with E-state index in [-0.39, 0.29) is 22.8 Å². The molecule has 2 rings (SSSR count). The van der Waals surface area contributed by atoms with Crippen LogP contribution in [0.3, 0.4) is 0 Å². The van der Waals surface area contributed by atoms with Gasteiger partial charge in [0.15, 0.2) is 5.82 Å². The van der Waals surface area contributed by atoms with Crippen LogP contribution in [0, 0.1) is 18.6 Å². The highest BCUT2D eigenvalue weighted by atomic mass is 19.1. The lowest BCUT2D eigenvalue weighted by Crippen LogP contribution is -1.91. The molecule has 1 heterocycles. The molecule has 0 saturated heterocycles. The average Bonchev–Trinajstić information content (AvgIpc) is 2.71. The van der Waals surface area contributed by atoms with Crippen LogP contribution < -0.4 is 0 Å². The fraction of sp³-hybridized carbons (Fsp3) is 0.200. The second-order valence-corrected chi connectivity index (χ2v) is 3.26. The SMILES string of the molecule is Cc1cc(-c2nc(CO)no2)c(F)cc1F. The molecule has 0 bridgehead atoms. The van der Waals surface area contributed by atoms with E-state index in [4.69, 9.17) is 9.63 Å². The molecular formula is C10H8F2N2O2. The zero-order valence-electron chi connectivity index (χ0n) is 8.37. The van der Waals surface area contributed by atoms with Crippen LogP contribution in [0.4, 0.5) is 8.78 Å². The molecule has 16 heavy (non-hydrogen) atoms. The Bertz CT molecular complexity index is 526. The molecule has 1 N–H and O–H groups in total. The van der Waals surface area contributed by atoms with E-state index >= 15 is 0 Å². The van der Waals surface area contributed by atoms with Crippen LogP contribution in [0.5, 0.6) is 0 Å². The zero-order valence-corrected chi connectivity index (χ0v) is 8.37. The summed E-state index contributed by atoms with van der Waals surface area (Å²) in [6.45, 7) is 1.10. The third-order valence-corrected chi connectivity index (χ3v) is 2.09. The van der Waals surface area contributed by atoms with Crippen molar-refractivity contribution in [3.63, 3.8) is 0 Å². The first-order valence-electron chi connectivity index (χ1n) is 4.51. The Morgan fingerprint density at radius 1 is 1.31 bits per heavy atom. The molecule has 0 aliphatic rings. The molecule has 0 unspecified atom stereocenters. The van der Waals surface area contributed by atoms with Crippen molar-refractivity contribution in [2.24, 2.45) is 0 Å². The van der Waals surface area contributed by atoms with Gasteiger partial charge in [-0.05, 0) is 18.6 Å². The number of aromatic nitrogens is 2. The lowest BCUT2D eigenvalue weighted by Gasteiger charge is -2.00.